The molecule has 0 aromatic heterocycles. The highest BCUT2D eigenvalue weighted by atomic mass is 16.2. The van der Waals surface area contributed by atoms with Gasteiger partial charge in [-0.1, -0.05) is 0 Å². The standard InChI is InChI=1S/C12H21N3O2/c1-10(16)14-5-2-6-15(8-7-14)11(17)12(9-13)3-4-12/h2-9,13H2,1H3. The summed E-state index contributed by atoms with van der Waals surface area (Å²) in [6.07, 6.45) is 2.72. The van der Waals surface area contributed by atoms with E-state index < -0.39 is 0 Å². The Labute approximate surface area is 102 Å². The molecule has 1 saturated carbocycles. The molecule has 96 valence electrons. The first-order valence-electron chi connectivity index (χ1n) is 6.34. The summed E-state index contributed by atoms with van der Waals surface area (Å²) in [7, 11) is 0. The molecule has 0 radical (unpaired) electrons. The summed E-state index contributed by atoms with van der Waals surface area (Å²) < 4.78 is 0. The van der Waals surface area contributed by atoms with E-state index in [-0.39, 0.29) is 17.2 Å². The fourth-order valence-corrected chi connectivity index (χ4v) is 2.43. The van der Waals surface area contributed by atoms with Crippen molar-refractivity contribution in [2.45, 2.75) is 26.2 Å². The first-order chi connectivity index (χ1) is 8.09. The number of nitrogens with two attached hydrogens (primary N) is 1. The monoisotopic (exact) mass is 239 g/mol. The van der Waals surface area contributed by atoms with Crippen LogP contribution in [0.4, 0.5) is 0 Å². The zero-order valence-electron chi connectivity index (χ0n) is 10.4. The predicted octanol–water partition coefficient (Wildman–Crippen LogP) is -0.194. The number of amides is 2. The molecule has 2 aliphatic rings. The minimum atomic E-state index is -0.259. The van der Waals surface area contributed by atoms with Crippen molar-refractivity contribution in [2.75, 3.05) is 32.7 Å². The normalized spacial score (nSPS) is 23.2. The van der Waals surface area contributed by atoms with E-state index in [9.17, 15) is 9.59 Å². The van der Waals surface area contributed by atoms with Crippen LogP contribution in [0, 0.1) is 5.41 Å². The largest absolute Gasteiger partial charge is 0.341 e. The second kappa shape index (κ2) is 4.64. The third-order valence-electron chi connectivity index (χ3n) is 3.93. The number of nitrogens with zero attached hydrogens (tertiary/aromatic N) is 2. The highest BCUT2D eigenvalue weighted by Crippen LogP contribution is 2.46. The van der Waals surface area contributed by atoms with Crippen molar-refractivity contribution in [1.29, 1.82) is 0 Å². The summed E-state index contributed by atoms with van der Waals surface area (Å²) >= 11 is 0. The molecule has 0 aromatic carbocycles. The second-order valence-corrected chi connectivity index (χ2v) is 5.14. The molecule has 2 fully saturated rings. The lowest BCUT2D eigenvalue weighted by atomic mass is 10.1. The van der Waals surface area contributed by atoms with Crippen LogP contribution in [0.3, 0.4) is 0 Å². The zero-order valence-corrected chi connectivity index (χ0v) is 10.4. The Morgan fingerprint density at radius 1 is 1.12 bits per heavy atom. The summed E-state index contributed by atoms with van der Waals surface area (Å²) in [5, 5.41) is 0. The number of carbonyl (C=O) groups excluding carboxylic acids is 2. The van der Waals surface area contributed by atoms with Crippen LogP contribution < -0.4 is 5.73 Å². The van der Waals surface area contributed by atoms with Gasteiger partial charge in [0.2, 0.25) is 11.8 Å². The maximum absolute atomic E-state index is 12.3. The van der Waals surface area contributed by atoms with Crippen molar-refractivity contribution in [3.63, 3.8) is 0 Å². The van der Waals surface area contributed by atoms with Gasteiger partial charge in [0, 0.05) is 39.6 Å². The second-order valence-electron chi connectivity index (χ2n) is 5.14. The molecule has 0 spiro atoms. The van der Waals surface area contributed by atoms with Crippen molar-refractivity contribution >= 4 is 11.8 Å². The van der Waals surface area contributed by atoms with E-state index in [4.69, 9.17) is 5.73 Å². The highest BCUT2D eigenvalue weighted by Gasteiger charge is 2.50. The van der Waals surface area contributed by atoms with Crippen LogP contribution in [0.5, 0.6) is 0 Å². The Morgan fingerprint density at radius 2 is 1.71 bits per heavy atom. The molecule has 2 rings (SSSR count). The van der Waals surface area contributed by atoms with Gasteiger partial charge in [0.05, 0.1) is 5.41 Å². The molecule has 2 N–H and O–H groups in total. The van der Waals surface area contributed by atoms with Crippen molar-refractivity contribution in [1.82, 2.24) is 9.80 Å². The zero-order chi connectivity index (χ0) is 12.5. The Bertz CT molecular complexity index is 326. The molecule has 0 unspecified atom stereocenters. The van der Waals surface area contributed by atoms with Gasteiger partial charge in [-0.15, -0.1) is 0 Å². The van der Waals surface area contributed by atoms with Gasteiger partial charge in [-0.05, 0) is 19.3 Å². The lowest BCUT2D eigenvalue weighted by Gasteiger charge is -2.25. The Hall–Kier alpha value is -1.10. The number of rotatable bonds is 2. The molecule has 1 aliphatic heterocycles. The van der Waals surface area contributed by atoms with Crippen molar-refractivity contribution < 1.29 is 9.59 Å². The van der Waals surface area contributed by atoms with Crippen molar-refractivity contribution in [2.24, 2.45) is 11.1 Å². The van der Waals surface area contributed by atoms with Crippen LogP contribution in [0.15, 0.2) is 0 Å². The number of hydrogen-bond donors (Lipinski definition) is 1. The summed E-state index contributed by atoms with van der Waals surface area (Å²) in [6.45, 7) is 4.86. The Morgan fingerprint density at radius 3 is 2.24 bits per heavy atom. The van der Waals surface area contributed by atoms with Gasteiger partial charge in [0.15, 0.2) is 0 Å². The first-order valence-corrected chi connectivity index (χ1v) is 6.34. The van der Waals surface area contributed by atoms with Gasteiger partial charge in [-0.3, -0.25) is 9.59 Å². The quantitative estimate of drug-likeness (QED) is 0.726. The van der Waals surface area contributed by atoms with Crippen LogP contribution in [0.1, 0.15) is 26.2 Å². The van der Waals surface area contributed by atoms with Gasteiger partial charge in [-0.25, -0.2) is 0 Å². The molecule has 2 amide bonds. The average molecular weight is 239 g/mol. The predicted molar refractivity (Wildman–Crippen MR) is 64.2 cm³/mol. The molecule has 1 aliphatic carbocycles. The van der Waals surface area contributed by atoms with Crippen LogP contribution in [0.25, 0.3) is 0 Å². The van der Waals surface area contributed by atoms with Gasteiger partial charge in [0.1, 0.15) is 0 Å². The molecule has 17 heavy (non-hydrogen) atoms. The lowest BCUT2D eigenvalue weighted by Crippen LogP contribution is -2.42. The minimum Gasteiger partial charge on any atom is -0.341 e. The Kier molecular flexibility index (Phi) is 3.38. The smallest absolute Gasteiger partial charge is 0.230 e. The fraction of sp³-hybridized carbons (Fsp3) is 0.833. The molecule has 0 aromatic rings. The molecule has 0 atom stereocenters. The van der Waals surface area contributed by atoms with Crippen LogP contribution in [0.2, 0.25) is 0 Å². The molecule has 5 nitrogen and oxygen atoms in total. The molecular weight excluding hydrogens is 218 g/mol. The van der Waals surface area contributed by atoms with E-state index in [0.717, 1.165) is 32.4 Å². The fourth-order valence-electron chi connectivity index (χ4n) is 2.43. The Balaban J connectivity index is 1.95. The topological polar surface area (TPSA) is 66.6 Å². The van der Waals surface area contributed by atoms with E-state index in [2.05, 4.69) is 0 Å². The molecular formula is C12H21N3O2. The van der Waals surface area contributed by atoms with Gasteiger partial charge in [0.25, 0.3) is 0 Å². The van der Waals surface area contributed by atoms with Crippen molar-refractivity contribution in [3.05, 3.63) is 0 Å². The van der Waals surface area contributed by atoms with Gasteiger partial charge < -0.3 is 15.5 Å². The maximum Gasteiger partial charge on any atom is 0.230 e. The molecule has 1 saturated heterocycles. The minimum absolute atomic E-state index is 0.0965. The van der Waals surface area contributed by atoms with E-state index in [1.54, 1.807) is 6.92 Å². The van der Waals surface area contributed by atoms with Crippen LogP contribution >= 0.6 is 0 Å². The van der Waals surface area contributed by atoms with Gasteiger partial charge >= 0.3 is 0 Å². The van der Waals surface area contributed by atoms with Gasteiger partial charge in [-0.2, -0.15) is 0 Å². The van der Waals surface area contributed by atoms with E-state index in [1.807, 2.05) is 9.80 Å². The van der Waals surface area contributed by atoms with E-state index in [1.165, 1.54) is 0 Å². The SMILES string of the molecule is CC(=O)N1CCCN(C(=O)C2(CN)CC2)CC1. The molecule has 0 bridgehead atoms. The third-order valence-corrected chi connectivity index (χ3v) is 3.93. The summed E-state index contributed by atoms with van der Waals surface area (Å²) in [5.74, 6) is 0.296. The third kappa shape index (κ3) is 2.44. The molecule has 1 heterocycles. The van der Waals surface area contributed by atoms with Crippen LogP contribution in [-0.2, 0) is 9.59 Å². The molecule has 5 heteroatoms. The van der Waals surface area contributed by atoms with E-state index >= 15 is 0 Å². The maximum atomic E-state index is 12.3. The number of hydrogen-bond acceptors (Lipinski definition) is 3. The average Bonchev–Trinajstić information content (AvgIpc) is 3.12. The highest BCUT2D eigenvalue weighted by molar-refractivity contribution is 5.85. The van der Waals surface area contributed by atoms with E-state index in [0.29, 0.717) is 19.6 Å². The van der Waals surface area contributed by atoms with Crippen molar-refractivity contribution in [3.8, 4) is 0 Å². The lowest BCUT2D eigenvalue weighted by molar-refractivity contribution is -0.137. The number of carbonyl (C=O) groups is 2. The summed E-state index contributed by atoms with van der Waals surface area (Å²) in [5.41, 5.74) is 5.42. The summed E-state index contributed by atoms with van der Waals surface area (Å²) in [4.78, 5) is 27.3. The van der Waals surface area contributed by atoms with Crippen LogP contribution in [-0.4, -0.2) is 54.3 Å². The first kappa shape index (κ1) is 12.4. The summed E-state index contributed by atoms with van der Waals surface area (Å²) in [6, 6.07) is 0.